The van der Waals surface area contributed by atoms with Crippen LogP contribution in [0.4, 0.5) is 10.1 Å². The second-order valence-corrected chi connectivity index (χ2v) is 7.56. The monoisotopic (exact) mass is 358 g/mol. The standard InChI is InChI=1S/C20H27FN4O/c21-17-5-7-18(8-6-17)24-12-9-23(10-13-24)11-14-25-20(26)15-16-3-1-2-4-19(16)22-25/h5-8,16H,1-4,9-15H2. The number of benzene rings is 1. The number of carbonyl (C=O) groups excluding carboxylic acids is 1. The average molecular weight is 358 g/mol. The number of anilines is 1. The van der Waals surface area contributed by atoms with E-state index in [0.717, 1.165) is 51.3 Å². The van der Waals surface area contributed by atoms with Crippen molar-refractivity contribution >= 4 is 17.3 Å². The molecule has 1 amide bonds. The molecule has 5 nitrogen and oxygen atoms in total. The zero-order valence-corrected chi connectivity index (χ0v) is 15.2. The number of hydrogen-bond acceptors (Lipinski definition) is 4. The van der Waals surface area contributed by atoms with Crippen LogP contribution >= 0.6 is 0 Å². The molecule has 0 aromatic heterocycles. The number of piperazine rings is 1. The van der Waals surface area contributed by atoms with Crippen molar-refractivity contribution in [2.75, 3.05) is 44.2 Å². The molecule has 1 unspecified atom stereocenters. The molecule has 0 bridgehead atoms. The second-order valence-electron chi connectivity index (χ2n) is 7.56. The number of amides is 1. The highest BCUT2D eigenvalue weighted by molar-refractivity contribution is 5.94. The Morgan fingerprint density at radius 1 is 1.04 bits per heavy atom. The van der Waals surface area contributed by atoms with Crippen LogP contribution in [0, 0.1) is 11.7 Å². The van der Waals surface area contributed by atoms with Crippen LogP contribution in [-0.4, -0.2) is 60.8 Å². The molecular formula is C20H27FN4O. The number of nitrogens with zero attached hydrogens (tertiary/aromatic N) is 4. The zero-order valence-electron chi connectivity index (χ0n) is 15.2. The van der Waals surface area contributed by atoms with Crippen molar-refractivity contribution in [1.29, 1.82) is 0 Å². The van der Waals surface area contributed by atoms with Gasteiger partial charge < -0.3 is 4.90 Å². The van der Waals surface area contributed by atoms with Gasteiger partial charge in [-0.25, -0.2) is 9.40 Å². The first-order chi connectivity index (χ1) is 12.7. The van der Waals surface area contributed by atoms with Crippen molar-refractivity contribution in [3.8, 4) is 0 Å². The summed E-state index contributed by atoms with van der Waals surface area (Å²) in [6.07, 6.45) is 5.28. The van der Waals surface area contributed by atoms with E-state index in [-0.39, 0.29) is 11.7 Å². The van der Waals surface area contributed by atoms with Gasteiger partial charge >= 0.3 is 0 Å². The number of hydrogen-bond donors (Lipinski definition) is 0. The Hall–Kier alpha value is -1.95. The number of rotatable bonds is 4. The van der Waals surface area contributed by atoms with E-state index in [4.69, 9.17) is 0 Å². The predicted octanol–water partition coefficient (Wildman–Crippen LogP) is 2.73. The molecule has 2 aliphatic heterocycles. The number of carbonyl (C=O) groups is 1. The van der Waals surface area contributed by atoms with Crippen LogP contribution in [0.3, 0.4) is 0 Å². The minimum atomic E-state index is -0.194. The summed E-state index contributed by atoms with van der Waals surface area (Å²) < 4.78 is 13.1. The summed E-state index contributed by atoms with van der Waals surface area (Å²) in [5, 5.41) is 6.38. The Labute approximate surface area is 154 Å². The molecule has 2 heterocycles. The number of fused-ring (bicyclic) bond motifs is 1. The molecule has 0 radical (unpaired) electrons. The van der Waals surface area contributed by atoms with Crippen molar-refractivity contribution in [1.82, 2.24) is 9.91 Å². The van der Waals surface area contributed by atoms with Gasteiger partial charge in [-0.2, -0.15) is 5.10 Å². The minimum Gasteiger partial charge on any atom is -0.369 e. The van der Waals surface area contributed by atoms with Gasteiger partial charge in [0, 0.05) is 56.5 Å². The van der Waals surface area contributed by atoms with Crippen LogP contribution in [0.5, 0.6) is 0 Å². The van der Waals surface area contributed by atoms with Crippen LogP contribution in [-0.2, 0) is 4.79 Å². The lowest BCUT2D eigenvalue weighted by molar-refractivity contribution is -0.133. The first-order valence-electron chi connectivity index (χ1n) is 9.79. The molecule has 1 saturated carbocycles. The lowest BCUT2D eigenvalue weighted by atomic mass is 9.84. The van der Waals surface area contributed by atoms with Crippen molar-refractivity contribution in [3.63, 3.8) is 0 Å². The molecule has 2 fully saturated rings. The highest BCUT2D eigenvalue weighted by atomic mass is 19.1. The fourth-order valence-electron chi connectivity index (χ4n) is 4.24. The summed E-state index contributed by atoms with van der Waals surface area (Å²) in [4.78, 5) is 17.0. The first-order valence-corrected chi connectivity index (χ1v) is 9.79. The molecule has 26 heavy (non-hydrogen) atoms. The molecule has 1 aromatic carbocycles. The summed E-state index contributed by atoms with van der Waals surface area (Å²) in [6, 6.07) is 6.71. The van der Waals surface area contributed by atoms with Gasteiger partial charge in [0.1, 0.15) is 5.82 Å². The summed E-state index contributed by atoms with van der Waals surface area (Å²) in [5.74, 6) is 0.401. The molecule has 1 aromatic rings. The fraction of sp³-hybridized carbons (Fsp3) is 0.600. The summed E-state index contributed by atoms with van der Waals surface area (Å²) in [6.45, 7) is 5.32. The molecule has 1 saturated heterocycles. The third-order valence-electron chi connectivity index (χ3n) is 5.86. The Bertz CT molecular complexity index is 667. The van der Waals surface area contributed by atoms with Crippen molar-refractivity contribution in [2.24, 2.45) is 11.0 Å². The smallest absolute Gasteiger partial charge is 0.243 e. The van der Waals surface area contributed by atoms with E-state index in [1.165, 1.54) is 30.7 Å². The second kappa shape index (κ2) is 7.74. The van der Waals surface area contributed by atoms with Crippen molar-refractivity contribution in [2.45, 2.75) is 32.1 Å². The van der Waals surface area contributed by atoms with Gasteiger partial charge in [-0.05, 0) is 43.5 Å². The third kappa shape index (κ3) is 3.90. The Kier molecular flexibility index (Phi) is 5.20. The molecule has 140 valence electrons. The van der Waals surface area contributed by atoms with E-state index in [1.807, 2.05) is 12.1 Å². The van der Waals surface area contributed by atoms with E-state index in [1.54, 1.807) is 5.01 Å². The van der Waals surface area contributed by atoms with Crippen LogP contribution in [0.1, 0.15) is 32.1 Å². The minimum absolute atomic E-state index is 0.186. The van der Waals surface area contributed by atoms with Crippen LogP contribution < -0.4 is 4.90 Å². The van der Waals surface area contributed by atoms with E-state index in [2.05, 4.69) is 14.9 Å². The zero-order chi connectivity index (χ0) is 17.9. The number of halogens is 1. The van der Waals surface area contributed by atoms with E-state index in [0.29, 0.717) is 18.9 Å². The molecule has 3 aliphatic rings. The Balaban J connectivity index is 1.27. The molecule has 1 aliphatic carbocycles. The molecule has 0 spiro atoms. The van der Waals surface area contributed by atoms with Crippen LogP contribution in [0.25, 0.3) is 0 Å². The maximum atomic E-state index is 13.1. The lowest BCUT2D eigenvalue weighted by Gasteiger charge is -2.37. The summed E-state index contributed by atoms with van der Waals surface area (Å²) in [5.41, 5.74) is 2.32. The summed E-state index contributed by atoms with van der Waals surface area (Å²) >= 11 is 0. The first kappa shape index (κ1) is 17.5. The van der Waals surface area contributed by atoms with Gasteiger partial charge in [-0.15, -0.1) is 0 Å². The van der Waals surface area contributed by atoms with E-state index >= 15 is 0 Å². The molecular weight excluding hydrogens is 331 g/mol. The normalized spacial score (nSPS) is 24.4. The topological polar surface area (TPSA) is 39.2 Å². The quantitative estimate of drug-likeness (QED) is 0.831. The highest BCUT2D eigenvalue weighted by Crippen LogP contribution is 2.28. The SMILES string of the molecule is O=C1CC2CCCCC2=NN1CCN1CCN(c2ccc(F)cc2)CC1. The van der Waals surface area contributed by atoms with Gasteiger partial charge in [0.05, 0.1) is 6.54 Å². The Morgan fingerprint density at radius 2 is 1.81 bits per heavy atom. The van der Waals surface area contributed by atoms with Crippen molar-refractivity contribution in [3.05, 3.63) is 30.1 Å². The van der Waals surface area contributed by atoms with Crippen molar-refractivity contribution < 1.29 is 9.18 Å². The molecule has 6 heteroatoms. The fourth-order valence-corrected chi connectivity index (χ4v) is 4.24. The molecule has 4 rings (SSSR count). The molecule has 1 atom stereocenters. The van der Waals surface area contributed by atoms with Crippen LogP contribution in [0.15, 0.2) is 29.4 Å². The number of hydrazone groups is 1. The van der Waals surface area contributed by atoms with E-state index < -0.39 is 0 Å². The lowest BCUT2D eigenvalue weighted by Crippen LogP contribution is -2.49. The van der Waals surface area contributed by atoms with Gasteiger partial charge in [0.15, 0.2) is 0 Å². The highest BCUT2D eigenvalue weighted by Gasteiger charge is 2.31. The third-order valence-corrected chi connectivity index (χ3v) is 5.86. The Morgan fingerprint density at radius 3 is 2.58 bits per heavy atom. The van der Waals surface area contributed by atoms with Crippen LogP contribution in [0.2, 0.25) is 0 Å². The maximum absolute atomic E-state index is 13.1. The maximum Gasteiger partial charge on any atom is 0.243 e. The predicted molar refractivity (Wildman–Crippen MR) is 101 cm³/mol. The summed E-state index contributed by atoms with van der Waals surface area (Å²) in [7, 11) is 0. The van der Waals surface area contributed by atoms with E-state index in [9.17, 15) is 9.18 Å². The van der Waals surface area contributed by atoms with Gasteiger partial charge in [0.25, 0.3) is 0 Å². The molecule has 0 N–H and O–H groups in total. The van der Waals surface area contributed by atoms with Gasteiger partial charge in [-0.1, -0.05) is 6.42 Å². The largest absolute Gasteiger partial charge is 0.369 e. The van der Waals surface area contributed by atoms with Gasteiger partial charge in [0.2, 0.25) is 5.91 Å². The van der Waals surface area contributed by atoms with Gasteiger partial charge in [-0.3, -0.25) is 9.69 Å². The average Bonchev–Trinajstić information content (AvgIpc) is 2.67.